The molecule has 88 valence electrons. The van der Waals surface area contributed by atoms with E-state index in [0.29, 0.717) is 5.56 Å². The summed E-state index contributed by atoms with van der Waals surface area (Å²) in [6, 6.07) is 3.95. The van der Waals surface area contributed by atoms with Gasteiger partial charge in [-0.3, -0.25) is 4.79 Å². The van der Waals surface area contributed by atoms with Gasteiger partial charge in [-0.15, -0.1) is 0 Å². The molecule has 1 aromatic rings. The summed E-state index contributed by atoms with van der Waals surface area (Å²) in [5, 5.41) is 27.5. The van der Waals surface area contributed by atoms with E-state index < -0.39 is 11.5 Å². The van der Waals surface area contributed by atoms with Gasteiger partial charge in [0.15, 0.2) is 0 Å². The molecule has 16 heavy (non-hydrogen) atoms. The lowest BCUT2D eigenvalue weighted by Gasteiger charge is -2.23. The topological polar surface area (TPSA) is 104 Å². The van der Waals surface area contributed by atoms with E-state index >= 15 is 0 Å². The number of phenolic OH excluding ortho intramolecular Hbond substituents is 2. The van der Waals surface area contributed by atoms with Crippen LogP contribution in [0.5, 0.6) is 11.5 Å². The molecule has 1 atom stereocenters. The number of rotatable bonds is 4. The van der Waals surface area contributed by atoms with Crippen LogP contribution in [0.1, 0.15) is 18.9 Å². The Morgan fingerprint density at radius 2 is 1.81 bits per heavy atom. The number of carbonyl (C=O) groups is 1. The fourth-order valence-corrected chi connectivity index (χ4v) is 1.47. The molecule has 5 N–H and O–H groups in total. The number of carboxylic acid groups (broad SMARTS) is 1. The molecule has 1 rings (SSSR count). The Morgan fingerprint density at radius 3 is 2.19 bits per heavy atom. The van der Waals surface area contributed by atoms with Crippen LogP contribution in [0.15, 0.2) is 18.2 Å². The maximum absolute atomic E-state index is 11.0. The average Bonchev–Trinajstić information content (AvgIpc) is 2.15. The molecule has 0 fully saturated rings. The third kappa shape index (κ3) is 2.64. The minimum absolute atomic E-state index is 0.0563. The summed E-state index contributed by atoms with van der Waals surface area (Å²) in [6.07, 6.45) is 0.319. The van der Waals surface area contributed by atoms with Crippen molar-refractivity contribution >= 4 is 5.97 Å². The summed E-state index contributed by atoms with van der Waals surface area (Å²) in [6.45, 7) is 1.68. The van der Waals surface area contributed by atoms with E-state index in [1.165, 1.54) is 18.2 Å². The molecule has 1 aromatic carbocycles. The Hall–Kier alpha value is -1.75. The summed E-state index contributed by atoms with van der Waals surface area (Å²) >= 11 is 0. The van der Waals surface area contributed by atoms with Crippen LogP contribution >= 0.6 is 0 Å². The van der Waals surface area contributed by atoms with Crippen LogP contribution < -0.4 is 5.73 Å². The van der Waals surface area contributed by atoms with Crippen molar-refractivity contribution in [2.45, 2.75) is 25.3 Å². The average molecular weight is 225 g/mol. The molecule has 0 heterocycles. The zero-order chi connectivity index (χ0) is 12.3. The van der Waals surface area contributed by atoms with Gasteiger partial charge >= 0.3 is 5.97 Å². The number of carboxylic acids is 1. The predicted octanol–water partition coefficient (Wildman–Crippen LogP) is 0.832. The summed E-state index contributed by atoms with van der Waals surface area (Å²) in [5.74, 6) is -1.32. The van der Waals surface area contributed by atoms with Crippen LogP contribution in [0.4, 0.5) is 0 Å². The van der Waals surface area contributed by atoms with Crippen LogP contribution in [0, 0.1) is 0 Å². The standard InChI is InChI=1S/C11H15NO4/c1-2-11(12,10(15)16)6-7-3-8(13)5-9(14)4-7/h3-5,13-14H,2,6,12H2,1H3,(H,15,16)/t11-/m0/s1. The van der Waals surface area contributed by atoms with Gasteiger partial charge in [-0.25, -0.2) is 0 Å². The number of hydrogen-bond donors (Lipinski definition) is 4. The molecule has 0 spiro atoms. The molecule has 0 saturated carbocycles. The van der Waals surface area contributed by atoms with Gasteiger partial charge in [0.25, 0.3) is 0 Å². The van der Waals surface area contributed by atoms with Crippen molar-refractivity contribution in [2.75, 3.05) is 0 Å². The van der Waals surface area contributed by atoms with Gasteiger partial charge in [-0.05, 0) is 24.1 Å². The molecule has 0 amide bonds. The van der Waals surface area contributed by atoms with Gasteiger partial charge in [0.2, 0.25) is 0 Å². The zero-order valence-corrected chi connectivity index (χ0v) is 8.97. The number of hydrogen-bond acceptors (Lipinski definition) is 4. The van der Waals surface area contributed by atoms with Crippen LogP contribution in [-0.2, 0) is 11.2 Å². The summed E-state index contributed by atoms with van der Waals surface area (Å²) < 4.78 is 0. The predicted molar refractivity (Wildman–Crippen MR) is 58.3 cm³/mol. The Balaban J connectivity index is 2.99. The highest BCUT2D eigenvalue weighted by atomic mass is 16.4. The largest absolute Gasteiger partial charge is 0.508 e. The Morgan fingerprint density at radius 1 is 1.31 bits per heavy atom. The smallest absolute Gasteiger partial charge is 0.324 e. The number of aromatic hydroxyl groups is 2. The number of benzene rings is 1. The van der Waals surface area contributed by atoms with Crippen molar-refractivity contribution in [2.24, 2.45) is 5.73 Å². The Kier molecular flexibility index (Phi) is 3.39. The highest BCUT2D eigenvalue weighted by Gasteiger charge is 2.32. The van der Waals surface area contributed by atoms with Crippen LogP contribution in [0.3, 0.4) is 0 Å². The van der Waals surface area contributed by atoms with Crippen molar-refractivity contribution in [3.63, 3.8) is 0 Å². The normalized spacial score (nSPS) is 14.4. The Labute approximate surface area is 93.1 Å². The molecule has 0 aliphatic carbocycles. The minimum atomic E-state index is -1.37. The van der Waals surface area contributed by atoms with E-state index in [0.717, 1.165) is 0 Å². The quantitative estimate of drug-likeness (QED) is 0.607. The molecular formula is C11H15NO4. The van der Waals surface area contributed by atoms with Crippen molar-refractivity contribution in [1.29, 1.82) is 0 Å². The van der Waals surface area contributed by atoms with E-state index in [4.69, 9.17) is 10.8 Å². The first-order valence-corrected chi connectivity index (χ1v) is 4.91. The minimum Gasteiger partial charge on any atom is -0.508 e. The second-order valence-corrected chi connectivity index (χ2v) is 3.85. The van der Waals surface area contributed by atoms with Crippen molar-refractivity contribution in [3.05, 3.63) is 23.8 Å². The van der Waals surface area contributed by atoms with Crippen LogP contribution in [0.25, 0.3) is 0 Å². The summed E-state index contributed by atoms with van der Waals surface area (Å²) in [5.41, 5.74) is 4.82. The summed E-state index contributed by atoms with van der Waals surface area (Å²) in [7, 11) is 0. The molecule has 0 aromatic heterocycles. The van der Waals surface area contributed by atoms with Gasteiger partial charge in [-0.2, -0.15) is 0 Å². The maximum atomic E-state index is 11.0. The molecule has 0 aliphatic rings. The fourth-order valence-electron chi connectivity index (χ4n) is 1.47. The van der Waals surface area contributed by atoms with E-state index in [9.17, 15) is 15.0 Å². The highest BCUT2D eigenvalue weighted by molar-refractivity contribution is 5.78. The first kappa shape index (κ1) is 12.3. The van der Waals surface area contributed by atoms with E-state index in [1.807, 2.05) is 0 Å². The maximum Gasteiger partial charge on any atom is 0.324 e. The highest BCUT2D eigenvalue weighted by Crippen LogP contribution is 2.24. The molecule has 0 bridgehead atoms. The molecule has 5 heteroatoms. The second-order valence-electron chi connectivity index (χ2n) is 3.85. The third-order valence-corrected chi connectivity index (χ3v) is 2.54. The lowest BCUT2D eigenvalue weighted by Crippen LogP contribution is -2.49. The van der Waals surface area contributed by atoms with Gasteiger partial charge in [0.1, 0.15) is 17.0 Å². The van der Waals surface area contributed by atoms with E-state index in [1.54, 1.807) is 6.92 Å². The first-order valence-electron chi connectivity index (χ1n) is 4.91. The molecule has 0 saturated heterocycles. The molecule has 5 nitrogen and oxygen atoms in total. The SMILES string of the molecule is CC[C@](N)(Cc1cc(O)cc(O)c1)C(=O)O. The van der Waals surface area contributed by atoms with Gasteiger partial charge in [-0.1, -0.05) is 6.92 Å². The van der Waals surface area contributed by atoms with Crippen LogP contribution in [0.2, 0.25) is 0 Å². The van der Waals surface area contributed by atoms with E-state index in [-0.39, 0.29) is 24.3 Å². The van der Waals surface area contributed by atoms with Gasteiger partial charge in [0.05, 0.1) is 0 Å². The monoisotopic (exact) mass is 225 g/mol. The molecule has 0 aliphatic heterocycles. The second kappa shape index (κ2) is 4.40. The molecule has 0 unspecified atom stereocenters. The first-order chi connectivity index (χ1) is 7.37. The van der Waals surface area contributed by atoms with Gasteiger partial charge < -0.3 is 21.1 Å². The van der Waals surface area contributed by atoms with E-state index in [2.05, 4.69) is 0 Å². The van der Waals surface area contributed by atoms with Crippen molar-refractivity contribution in [1.82, 2.24) is 0 Å². The summed E-state index contributed by atoms with van der Waals surface area (Å²) in [4.78, 5) is 11.0. The van der Waals surface area contributed by atoms with Crippen LogP contribution in [-0.4, -0.2) is 26.8 Å². The lowest BCUT2D eigenvalue weighted by atomic mass is 9.89. The van der Waals surface area contributed by atoms with Crippen molar-refractivity contribution < 1.29 is 20.1 Å². The van der Waals surface area contributed by atoms with Gasteiger partial charge in [0, 0.05) is 12.5 Å². The molecule has 0 radical (unpaired) electrons. The lowest BCUT2D eigenvalue weighted by molar-refractivity contribution is -0.143. The number of nitrogens with two attached hydrogens (primary N) is 1. The molecular weight excluding hydrogens is 210 g/mol. The third-order valence-electron chi connectivity index (χ3n) is 2.54. The fraction of sp³-hybridized carbons (Fsp3) is 0.364. The number of aliphatic carboxylic acids is 1. The zero-order valence-electron chi connectivity index (χ0n) is 8.97. The van der Waals surface area contributed by atoms with Crippen molar-refractivity contribution in [3.8, 4) is 11.5 Å². The number of phenols is 2. The Bertz CT molecular complexity index is 385.